The number of anilines is 1. The zero-order valence-corrected chi connectivity index (χ0v) is 14.9. The maximum atomic E-state index is 12.6. The van der Waals surface area contributed by atoms with Crippen molar-refractivity contribution in [3.8, 4) is 0 Å². The minimum absolute atomic E-state index is 0.0620. The molecule has 0 radical (unpaired) electrons. The minimum Gasteiger partial charge on any atom is -0.343 e. The van der Waals surface area contributed by atoms with Gasteiger partial charge >= 0.3 is 6.18 Å². The first kappa shape index (κ1) is 19.7. The molecule has 0 aromatic heterocycles. The predicted molar refractivity (Wildman–Crippen MR) is 95.0 cm³/mol. The van der Waals surface area contributed by atoms with E-state index in [2.05, 4.69) is 5.32 Å². The topological polar surface area (TPSA) is 84.2 Å². The van der Waals surface area contributed by atoms with E-state index in [4.69, 9.17) is 5.73 Å². The summed E-state index contributed by atoms with van der Waals surface area (Å²) in [6, 6.07) is 6.03. The molecule has 0 aliphatic heterocycles. The highest BCUT2D eigenvalue weighted by Crippen LogP contribution is 2.42. The molecule has 8 heteroatoms. The van der Waals surface area contributed by atoms with Gasteiger partial charge in [-0.25, -0.2) is 0 Å². The minimum atomic E-state index is -4.45. The lowest BCUT2D eigenvalue weighted by Gasteiger charge is -2.43. The summed E-state index contributed by atoms with van der Waals surface area (Å²) in [4.78, 5) is 24.3. The summed E-state index contributed by atoms with van der Waals surface area (Å²) in [5.74, 6) is -0.150. The number of carbonyl (C=O) groups excluding carboxylic acids is 2. The van der Waals surface area contributed by atoms with Crippen molar-refractivity contribution in [2.75, 3.05) is 11.9 Å². The Balaban J connectivity index is 1.55. The summed E-state index contributed by atoms with van der Waals surface area (Å²) in [5.41, 5.74) is 6.88. The first-order chi connectivity index (χ1) is 12.7. The van der Waals surface area contributed by atoms with Gasteiger partial charge in [0.1, 0.15) is 6.54 Å². The molecule has 2 amide bonds. The molecule has 3 rings (SSSR count). The molecule has 2 fully saturated rings. The quantitative estimate of drug-likeness (QED) is 0.747. The SMILES string of the molecule is NC1C2CCCC1CC(C(=O)Nc1ccc(C(=O)NCC(F)(F)F)cc1)C2. The number of halogens is 3. The number of hydrogen-bond acceptors (Lipinski definition) is 3. The van der Waals surface area contributed by atoms with Crippen LogP contribution in [0.1, 0.15) is 42.5 Å². The predicted octanol–water partition coefficient (Wildman–Crippen LogP) is 3.07. The van der Waals surface area contributed by atoms with E-state index in [1.54, 1.807) is 0 Å². The Hall–Kier alpha value is -2.09. The molecule has 2 bridgehead atoms. The standard InChI is InChI=1S/C19H24F3N3O2/c20-19(21,22)10-24-17(26)11-4-6-15(7-5-11)25-18(27)14-8-12-2-1-3-13(9-14)16(12)23/h4-7,12-14,16H,1-3,8-10,23H2,(H,24,26)(H,25,27). The highest BCUT2D eigenvalue weighted by atomic mass is 19.4. The Morgan fingerprint density at radius 2 is 1.67 bits per heavy atom. The van der Waals surface area contributed by atoms with Gasteiger partial charge < -0.3 is 16.4 Å². The van der Waals surface area contributed by atoms with E-state index < -0.39 is 18.6 Å². The molecule has 4 N–H and O–H groups in total. The molecule has 1 aromatic carbocycles. The van der Waals surface area contributed by atoms with Crippen LogP contribution in [-0.4, -0.2) is 30.6 Å². The molecule has 2 saturated carbocycles. The maximum Gasteiger partial charge on any atom is 0.405 e. The second-order valence-electron chi connectivity index (χ2n) is 7.56. The van der Waals surface area contributed by atoms with Crippen LogP contribution in [0.4, 0.5) is 18.9 Å². The average molecular weight is 383 g/mol. The van der Waals surface area contributed by atoms with E-state index in [1.807, 2.05) is 5.32 Å². The van der Waals surface area contributed by atoms with Gasteiger partial charge in [-0.2, -0.15) is 13.2 Å². The number of rotatable bonds is 4. The normalized spacial score (nSPS) is 27.7. The smallest absolute Gasteiger partial charge is 0.343 e. The van der Waals surface area contributed by atoms with E-state index in [9.17, 15) is 22.8 Å². The Bertz CT molecular complexity index is 676. The van der Waals surface area contributed by atoms with Crippen molar-refractivity contribution in [2.45, 2.75) is 44.3 Å². The van der Waals surface area contributed by atoms with Crippen LogP contribution in [0.15, 0.2) is 24.3 Å². The Morgan fingerprint density at radius 3 is 2.22 bits per heavy atom. The van der Waals surface area contributed by atoms with Crippen LogP contribution in [0, 0.1) is 17.8 Å². The van der Waals surface area contributed by atoms with Gasteiger partial charge in [-0.05, 0) is 61.8 Å². The fourth-order valence-electron chi connectivity index (χ4n) is 4.24. The van der Waals surface area contributed by atoms with Gasteiger partial charge in [0, 0.05) is 23.2 Å². The van der Waals surface area contributed by atoms with Gasteiger partial charge in [-0.15, -0.1) is 0 Å². The Morgan fingerprint density at radius 1 is 1.07 bits per heavy atom. The molecule has 2 atom stereocenters. The van der Waals surface area contributed by atoms with Crippen LogP contribution in [0.3, 0.4) is 0 Å². The molecular formula is C19H24F3N3O2. The summed E-state index contributed by atoms with van der Waals surface area (Å²) in [6.07, 6.45) is 0.453. The number of nitrogens with two attached hydrogens (primary N) is 1. The van der Waals surface area contributed by atoms with Crippen LogP contribution in [0.2, 0.25) is 0 Å². The Labute approximate surface area is 155 Å². The fourth-order valence-corrected chi connectivity index (χ4v) is 4.24. The first-order valence-electron chi connectivity index (χ1n) is 9.24. The summed E-state index contributed by atoms with van der Waals surface area (Å²) in [7, 11) is 0. The number of nitrogens with one attached hydrogen (secondary N) is 2. The second kappa shape index (κ2) is 7.88. The van der Waals surface area contributed by atoms with Crippen molar-refractivity contribution in [3.63, 3.8) is 0 Å². The third-order valence-electron chi connectivity index (χ3n) is 5.65. The molecular weight excluding hydrogens is 359 g/mol. The van der Waals surface area contributed by atoms with Gasteiger partial charge in [0.25, 0.3) is 5.91 Å². The number of fused-ring (bicyclic) bond motifs is 2. The molecule has 2 aliphatic carbocycles. The lowest BCUT2D eigenvalue weighted by molar-refractivity contribution is -0.123. The van der Waals surface area contributed by atoms with E-state index in [0.717, 1.165) is 25.7 Å². The van der Waals surface area contributed by atoms with Gasteiger partial charge in [0.2, 0.25) is 5.91 Å². The van der Waals surface area contributed by atoms with Crippen LogP contribution in [0.5, 0.6) is 0 Å². The van der Waals surface area contributed by atoms with Gasteiger partial charge in [-0.3, -0.25) is 9.59 Å². The van der Waals surface area contributed by atoms with Crippen LogP contribution >= 0.6 is 0 Å². The fraction of sp³-hybridized carbons (Fsp3) is 0.579. The highest BCUT2D eigenvalue weighted by molar-refractivity contribution is 5.96. The highest BCUT2D eigenvalue weighted by Gasteiger charge is 2.40. The lowest BCUT2D eigenvalue weighted by Crippen LogP contribution is -2.48. The third-order valence-corrected chi connectivity index (χ3v) is 5.65. The maximum absolute atomic E-state index is 12.6. The van der Waals surface area contributed by atoms with E-state index in [0.29, 0.717) is 17.5 Å². The van der Waals surface area contributed by atoms with Crippen LogP contribution in [0.25, 0.3) is 0 Å². The van der Waals surface area contributed by atoms with Crippen molar-refractivity contribution in [1.29, 1.82) is 0 Å². The monoisotopic (exact) mass is 383 g/mol. The van der Waals surface area contributed by atoms with E-state index in [-0.39, 0.29) is 23.4 Å². The van der Waals surface area contributed by atoms with E-state index >= 15 is 0 Å². The molecule has 148 valence electrons. The van der Waals surface area contributed by atoms with Crippen LogP contribution in [-0.2, 0) is 4.79 Å². The summed E-state index contributed by atoms with van der Waals surface area (Å²) >= 11 is 0. The number of alkyl halides is 3. The number of amides is 2. The van der Waals surface area contributed by atoms with Crippen molar-refractivity contribution >= 4 is 17.5 Å². The van der Waals surface area contributed by atoms with Crippen molar-refractivity contribution < 1.29 is 22.8 Å². The van der Waals surface area contributed by atoms with E-state index in [1.165, 1.54) is 30.7 Å². The number of benzene rings is 1. The second-order valence-corrected chi connectivity index (χ2v) is 7.56. The van der Waals surface area contributed by atoms with Gasteiger partial charge in [0.05, 0.1) is 0 Å². The molecule has 27 heavy (non-hydrogen) atoms. The molecule has 0 saturated heterocycles. The third kappa shape index (κ3) is 5.00. The number of carbonyl (C=O) groups is 2. The molecule has 0 spiro atoms. The lowest BCUT2D eigenvalue weighted by atomic mass is 9.65. The van der Waals surface area contributed by atoms with Crippen LogP contribution < -0.4 is 16.4 Å². The first-order valence-corrected chi connectivity index (χ1v) is 9.24. The average Bonchev–Trinajstić information content (AvgIpc) is 2.59. The summed E-state index contributed by atoms with van der Waals surface area (Å²) < 4.78 is 36.5. The van der Waals surface area contributed by atoms with Gasteiger partial charge in [0.15, 0.2) is 0 Å². The molecule has 0 heterocycles. The largest absolute Gasteiger partial charge is 0.405 e. The zero-order chi connectivity index (χ0) is 19.6. The summed E-state index contributed by atoms with van der Waals surface area (Å²) in [6.45, 7) is -1.38. The molecule has 2 aliphatic rings. The number of hydrogen-bond donors (Lipinski definition) is 3. The zero-order valence-electron chi connectivity index (χ0n) is 14.9. The van der Waals surface area contributed by atoms with Crippen molar-refractivity contribution in [3.05, 3.63) is 29.8 Å². The van der Waals surface area contributed by atoms with Crippen molar-refractivity contribution in [1.82, 2.24) is 5.32 Å². The Kier molecular flexibility index (Phi) is 5.74. The molecule has 5 nitrogen and oxygen atoms in total. The molecule has 1 aromatic rings. The van der Waals surface area contributed by atoms with Crippen molar-refractivity contribution in [2.24, 2.45) is 23.5 Å². The van der Waals surface area contributed by atoms with Gasteiger partial charge in [-0.1, -0.05) is 6.42 Å². The molecule has 2 unspecified atom stereocenters. The summed E-state index contributed by atoms with van der Waals surface area (Å²) in [5, 5.41) is 4.66.